The van der Waals surface area contributed by atoms with Crippen molar-refractivity contribution < 1.29 is 4.79 Å². The summed E-state index contributed by atoms with van der Waals surface area (Å²) in [6.45, 7) is 5.68. The fourth-order valence-corrected chi connectivity index (χ4v) is 3.67. The first-order valence-electron chi connectivity index (χ1n) is 8.96. The van der Waals surface area contributed by atoms with Crippen molar-refractivity contribution in [3.05, 3.63) is 63.3 Å². The Kier molecular flexibility index (Phi) is 6.39. The molecule has 2 aromatic carbocycles. The lowest BCUT2D eigenvalue weighted by atomic mass is 10.0. The Balaban J connectivity index is 2.05. The van der Waals surface area contributed by atoms with Crippen LogP contribution in [0.25, 0.3) is 10.9 Å². The molecule has 0 spiro atoms. The van der Waals surface area contributed by atoms with E-state index in [0.29, 0.717) is 21.2 Å². The number of aryl methyl sites for hydroxylation is 2. The minimum absolute atomic E-state index is 0.250. The van der Waals surface area contributed by atoms with Gasteiger partial charge in [-0.2, -0.15) is 0 Å². The van der Waals surface area contributed by atoms with Gasteiger partial charge in [0.25, 0.3) is 5.91 Å². The number of likely N-dealkylation sites (N-methyl/N-ethyl adjacent to an activating group) is 1. The van der Waals surface area contributed by atoms with E-state index in [2.05, 4.69) is 27.9 Å². The number of aromatic nitrogens is 1. The maximum Gasteiger partial charge on any atom is 0.258 e. The Morgan fingerprint density at radius 1 is 1.07 bits per heavy atom. The quantitative estimate of drug-likeness (QED) is 0.492. The number of nitrogens with zero attached hydrogens (tertiary/aromatic N) is 1. The van der Waals surface area contributed by atoms with E-state index in [-0.39, 0.29) is 11.5 Å². The Labute approximate surface area is 174 Å². The maximum atomic E-state index is 12.9. The van der Waals surface area contributed by atoms with Crippen molar-refractivity contribution in [2.75, 3.05) is 30.8 Å². The van der Waals surface area contributed by atoms with Gasteiger partial charge in [-0.15, -0.1) is 0 Å². The molecule has 0 saturated heterocycles. The largest absolute Gasteiger partial charge is 0.383 e. The molecule has 0 atom stereocenters. The summed E-state index contributed by atoms with van der Waals surface area (Å²) >= 11 is 12.4. The minimum Gasteiger partial charge on any atom is -0.383 e. The van der Waals surface area contributed by atoms with Crippen molar-refractivity contribution in [2.24, 2.45) is 0 Å². The van der Waals surface area contributed by atoms with Gasteiger partial charge in [-0.05, 0) is 56.3 Å². The SMILES string of the molecule is CNCCNc1ccnc2c(NC(=O)c3c(Cl)cccc3Cl)cc(C)c(C)c12. The van der Waals surface area contributed by atoms with Crippen LogP contribution in [0.4, 0.5) is 11.4 Å². The number of rotatable bonds is 6. The molecule has 0 bridgehead atoms. The van der Waals surface area contributed by atoms with Crippen LogP contribution >= 0.6 is 23.2 Å². The second-order valence-corrected chi connectivity index (χ2v) is 7.34. The van der Waals surface area contributed by atoms with Crippen molar-refractivity contribution in [1.82, 2.24) is 10.3 Å². The molecule has 0 unspecified atom stereocenters. The normalized spacial score (nSPS) is 10.9. The minimum atomic E-state index is -0.365. The number of halogens is 2. The third-order valence-corrected chi connectivity index (χ3v) is 5.29. The van der Waals surface area contributed by atoms with E-state index >= 15 is 0 Å². The molecule has 0 aliphatic carbocycles. The summed E-state index contributed by atoms with van der Waals surface area (Å²) in [7, 11) is 1.91. The summed E-state index contributed by atoms with van der Waals surface area (Å²) in [4.78, 5) is 17.4. The van der Waals surface area contributed by atoms with Crippen molar-refractivity contribution in [2.45, 2.75) is 13.8 Å². The van der Waals surface area contributed by atoms with Gasteiger partial charge < -0.3 is 16.0 Å². The van der Waals surface area contributed by atoms with Crippen LogP contribution in [0, 0.1) is 13.8 Å². The highest BCUT2D eigenvalue weighted by molar-refractivity contribution is 6.40. The zero-order valence-corrected chi connectivity index (χ0v) is 17.5. The van der Waals surface area contributed by atoms with E-state index in [1.165, 1.54) is 0 Å². The molecule has 3 rings (SSSR count). The number of fused-ring (bicyclic) bond motifs is 1. The second kappa shape index (κ2) is 8.78. The number of anilines is 2. The number of hydrogen-bond acceptors (Lipinski definition) is 4. The first-order valence-corrected chi connectivity index (χ1v) is 9.72. The van der Waals surface area contributed by atoms with Gasteiger partial charge in [0.2, 0.25) is 0 Å². The molecule has 28 heavy (non-hydrogen) atoms. The molecule has 3 N–H and O–H groups in total. The lowest BCUT2D eigenvalue weighted by Gasteiger charge is -2.17. The number of benzene rings is 2. The zero-order chi connectivity index (χ0) is 20.3. The summed E-state index contributed by atoms with van der Waals surface area (Å²) < 4.78 is 0. The van der Waals surface area contributed by atoms with Gasteiger partial charge in [-0.25, -0.2) is 0 Å². The standard InChI is InChI=1S/C21H22Cl2N4O/c1-12-11-17(27-21(28)19-14(22)5-4-6-15(19)23)20-18(13(12)2)16(7-8-26-20)25-10-9-24-3/h4-8,11,24H,9-10H2,1-3H3,(H,25,26)(H,27,28). The molecule has 1 aromatic heterocycles. The zero-order valence-electron chi connectivity index (χ0n) is 16.0. The molecule has 1 amide bonds. The first-order chi connectivity index (χ1) is 13.4. The highest BCUT2D eigenvalue weighted by atomic mass is 35.5. The molecule has 0 radical (unpaired) electrons. The van der Waals surface area contributed by atoms with Crippen LogP contribution in [0.3, 0.4) is 0 Å². The molecule has 1 heterocycles. The van der Waals surface area contributed by atoms with E-state index in [4.69, 9.17) is 23.2 Å². The van der Waals surface area contributed by atoms with Crippen LogP contribution in [0.5, 0.6) is 0 Å². The smallest absolute Gasteiger partial charge is 0.258 e. The Bertz CT molecular complexity index is 1020. The lowest BCUT2D eigenvalue weighted by Crippen LogP contribution is -2.18. The summed E-state index contributed by atoms with van der Waals surface area (Å²) in [5, 5.41) is 11.1. The topological polar surface area (TPSA) is 66.1 Å². The van der Waals surface area contributed by atoms with Crippen LogP contribution in [0.15, 0.2) is 36.5 Å². The predicted molar refractivity (Wildman–Crippen MR) is 118 cm³/mol. The van der Waals surface area contributed by atoms with Crippen LogP contribution in [-0.2, 0) is 0 Å². The molecule has 0 saturated carbocycles. The summed E-state index contributed by atoms with van der Waals surface area (Å²) in [5.41, 5.74) is 4.74. The van der Waals surface area contributed by atoms with Gasteiger partial charge in [0.05, 0.1) is 26.8 Å². The van der Waals surface area contributed by atoms with Gasteiger partial charge in [0.15, 0.2) is 0 Å². The monoisotopic (exact) mass is 416 g/mol. The van der Waals surface area contributed by atoms with Crippen LogP contribution in [0.2, 0.25) is 10.0 Å². The number of pyridine rings is 1. The van der Waals surface area contributed by atoms with Crippen LogP contribution < -0.4 is 16.0 Å². The number of carbonyl (C=O) groups excluding carboxylic acids is 1. The van der Waals surface area contributed by atoms with Crippen molar-refractivity contribution in [3.63, 3.8) is 0 Å². The van der Waals surface area contributed by atoms with E-state index < -0.39 is 0 Å². The van der Waals surface area contributed by atoms with Crippen molar-refractivity contribution in [1.29, 1.82) is 0 Å². The molecule has 146 valence electrons. The van der Waals surface area contributed by atoms with Gasteiger partial charge in [-0.1, -0.05) is 29.3 Å². The highest BCUT2D eigenvalue weighted by Gasteiger charge is 2.18. The molecular weight excluding hydrogens is 395 g/mol. The van der Waals surface area contributed by atoms with E-state index in [1.807, 2.05) is 26.1 Å². The fraction of sp³-hybridized carbons (Fsp3) is 0.238. The highest BCUT2D eigenvalue weighted by Crippen LogP contribution is 2.34. The summed E-state index contributed by atoms with van der Waals surface area (Å²) in [6.07, 6.45) is 1.73. The molecule has 5 nitrogen and oxygen atoms in total. The maximum absolute atomic E-state index is 12.9. The van der Waals surface area contributed by atoms with Gasteiger partial charge in [0.1, 0.15) is 0 Å². The molecule has 7 heteroatoms. The van der Waals surface area contributed by atoms with Gasteiger partial charge in [0, 0.05) is 30.4 Å². The number of carbonyl (C=O) groups is 1. The Morgan fingerprint density at radius 3 is 2.46 bits per heavy atom. The average Bonchev–Trinajstić information content (AvgIpc) is 2.66. The number of hydrogen-bond donors (Lipinski definition) is 3. The number of nitrogens with one attached hydrogen (secondary N) is 3. The Morgan fingerprint density at radius 2 is 1.79 bits per heavy atom. The molecule has 0 aliphatic rings. The van der Waals surface area contributed by atoms with Crippen molar-refractivity contribution >= 4 is 51.4 Å². The van der Waals surface area contributed by atoms with E-state index in [1.54, 1.807) is 24.4 Å². The predicted octanol–water partition coefficient (Wildman–Crippen LogP) is 5.04. The molecule has 0 fully saturated rings. The van der Waals surface area contributed by atoms with E-state index in [0.717, 1.165) is 35.3 Å². The van der Waals surface area contributed by atoms with Gasteiger partial charge >= 0.3 is 0 Å². The van der Waals surface area contributed by atoms with Gasteiger partial charge in [-0.3, -0.25) is 9.78 Å². The molecule has 0 aliphatic heterocycles. The average molecular weight is 417 g/mol. The first kappa shape index (κ1) is 20.4. The Hall–Kier alpha value is -2.34. The van der Waals surface area contributed by atoms with Crippen LogP contribution in [-0.4, -0.2) is 31.0 Å². The van der Waals surface area contributed by atoms with Crippen LogP contribution in [0.1, 0.15) is 21.5 Å². The third kappa shape index (κ3) is 4.07. The molecular formula is C21H22Cl2N4O. The summed E-state index contributed by atoms with van der Waals surface area (Å²) in [6, 6.07) is 8.86. The fourth-order valence-electron chi connectivity index (χ4n) is 3.10. The second-order valence-electron chi connectivity index (χ2n) is 6.53. The number of amides is 1. The lowest BCUT2D eigenvalue weighted by molar-refractivity contribution is 0.102. The third-order valence-electron chi connectivity index (χ3n) is 4.66. The summed E-state index contributed by atoms with van der Waals surface area (Å²) in [5.74, 6) is -0.365. The van der Waals surface area contributed by atoms with Crippen molar-refractivity contribution in [3.8, 4) is 0 Å². The molecule has 3 aromatic rings. The van der Waals surface area contributed by atoms with E-state index in [9.17, 15) is 4.79 Å².